The van der Waals surface area contributed by atoms with E-state index >= 15 is 0 Å². The van der Waals surface area contributed by atoms with E-state index in [-0.39, 0.29) is 30.4 Å². The molecule has 1 aromatic carbocycles. The van der Waals surface area contributed by atoms with Crippen LogP contribution < -0.4 is 5.32 Å². The van der Waals surface area contributed by atoms with Gasteiger partial charge in [0.05, 0.1) is 12.6 Å². The van der Waals surface area contributed by atoms with Crippen molar-refractivity contribution in [1.82, 2.24) is 10.2 Å². The summed E-state index contributed by atoms with van der Waals surface area (Å²) in [7, 11) is 0. The fourth-order valence-electron chi connectivity index (χ4n) is 2.97. The van der Waals surface area contributed by atoms with Crippen LogP contribution in [-0.4, -0.2) is 41.5 Å². The highest BCUT2D eigenvalue weighted by molar-refractivity contribution is 5.80. The summed E-state index contributed by atoms with van der Waals surface area (Å²) in [4.78, 5) is 26.1. The third-order valence-electron chi connectivity index (χ3n) is 4.38. The summed E-state index contributed by atoms with van der Waals surface area (Å²) in [6, 6.07) is 9.11. The largest absolute Gasteiger partial charge is 0.394 e. The van der Waals surface area contributed by atoms with Crippen molar-refractivity contribution >= 4 is 11.8 Å². The van der Waals surface area contributed by atoms with Crippen LogP contribution in [0.3, 0.4) is 0 Å². The zero-order valence-electron chi connectivity index (χ0n) is 13.7. The quantitative estimate of drug-likeness (QED) is 0.841. The lowest BCUT2D eigenvalue weighted by Crippen LogP contribution is -2.44. The monoisotopic (exact) mass is 318 g/mol. The molecule has 1 aliphatic rings. The fourth-order valence-corrected chi connectivity index (χ4v) is 2.97. The number of aliphatic hydroxyl groups is 1. The van der Waals surface area contributed by atoms with Crippen molar-refractivity contribution in [2.45, 2.75) is 38.6 Å². The summed E-state index contributed by atoms with van der Waals surface area (Å²) in [5.41, 5.74) is 0.902. The van der Waals surface area contributed by atoms with Gasteiger partial charge in [-0.3, -0.25) is 9.59 Å². The van der Waals surface area contributed by atoms with Gasteiger partial charge < -0.3 is 15.3 Å². The fraction of sp³-hybridized carbons (Fsp3) is 0.556. The Morgan fingerprint density at radius 1 is 1.26 bits per heavy atom. The van der Waals surface area contributed by atoms with E-state index < -0.39 is 0 Å². The minimum Gasteiger partial charge on any atom is -0.394 e. The molecule has 5 nitrogen and oxygen atoms in total. The van der Waals surface area contributed by atoms with Gasteiger partial charge in [0.2, 0.25) is 11.8 Å². The van der Waals surface area contributed by atoms with E-state index in [9.17, 15) is 14.7 Å². The Labute approximate surface area is 137 Å². The molecule has 1 fully saturated rings. The number of rotatable bonds is 6. The van der Waals surface area contributed by atoms with Crippen LogP contribution in [0.15, 0.2) is 30.3 Å². The second kappa shape index (κ2) is 8.67. The van der Waals surface area contributed by atoms with E-state index in [0.29, 0.717) is 32.4 Å². The highest BCUT2D eigenvalue weighted by atomic mass is 16.3. The zero-order chi connectivity index (χ0) is 16.7. The molecule has 0 saturated carbocycles. The molecule has 5 heteroatoms. The minimum absolute atomic E-state index is 0.0320. The second-order valence-electron chi connectivity index (χ2n) is 6.06. The smallest absolute Gasteiger partial charge is 0.223 e. The highest BCUT2D eigenvalue weighted by Gasteiger charge is 2.28. The Balaban J connectivity index is 1.86. The van der Waals surface area contributed by atoms with Crippen molar-refractivity contribution < 1.29 is 14.7 Å². The van der Waals surface area contributed by atoms with Gasteiger partial charge >= 0.3 is 0 Å². The third kappa shape index (κ3) is 4.79. The van der Waals surface area contributed by atoms with Gasteiger partial charge in [0, 0.05) is 25.4 Å². The third-order valence-corrected chi connectivity index (χ3v) is 4.38. The zero-order valence-corrected chi connectivity index (χ0v) is 13.7. The van der Waals surface area contributed by atoms with Crippen molar-refractivity contribution in [2.24, 2.45) is 5.92 Å². The Bertz CT molecular complexity index is 510. The van der Waals surface area contributed by atoms with E-state index in [2.05, 4.69) is 5.32 Å². The predicted molar refractivity (Wildman–Crippen MR) is 88.6 cm³/mol. The van der Waals surface area contributed by atoms with Gasteiger partial charge in [0.25, 0.3) is 0 Å². The number of carbonyl (C=O) groups is 2. The van der Waals surface area contributed by atoms with Crippen LogP contribution >= 0.6 is 0 Å². The average Bonchev–Trinajstić information content (AvgIpc) is 2.60. The number of hydrogen-bond donors (Lipinski definition) is 2. The molecule has 126 valence electrons. The van der Waals surface area contributed by atoms with Gasteiger partial charge in [-0.2, -0.15) is 0 Å². The molecule has 0 spiro atoms. The van der Waals surface area contributed by atoms with Gasteiger partial charge in [0.15, 0.2) is 0 Å². The Morgan fingerprint density at radius 2 is 1.91 bits per heavy atom. The number of hydrogen-bond acceptors (Lipinski definition) is 3. The Kier molecular flexibility index (Phi) is 6.59. The van der Waals surface area contributed by atoms with Gasteiger partial charge in [-0.15, -0.1) is 0 Å². The van der Waals surface area contributed by atoms with Gasteiger partial charge in [0.1, 0.15) is 0 Å². The van der Waals surface area contributed by atoms with Crippen molar-refractivity contribution in [3.8, 4) is 0 Å². The number of likely N-dealkylation sites (tertiary alicyclic amines) is 1. The topological polar surface area (TPSA) is 69.6 Å². The van der Waals surface area contributed by atoms with Crippen LogP contribution in [0.25, 0.3) is 0 Å². The maximum absolute atomic E-state index is 12.4. The van der Waals surface area contributed by atoms with E-state index in [0.717, 1.165) is 12.0 Å². The summed E-state index contributed by atoms with van der Waals surface area (Å²) < 4.78 is 0. The molecule has 2 N–H and O–H groups in total. The standard InChI is InChI=1S/C18H26N2O3/c1-2-6-17(22)20-11-9-15(10-12-20)18(23)19-16(13-21)14-7-4-3-5-8-14/h3-5,7-8,15-16,21H,2,6,9-13H2,1H3,(H,19,23)/t16-/m1/s1. The molecule has 0 bridgehead atoms. The molecule has 0 aromatic heterocycles. The number of nitrogens with one attached hydrogen (secondary N) is 1. The summed E-state index contributed by atoms with van der Waals surface area (Å²) in [6.07, 6.45) is 2.81. The summed E-state index contributed by atoms with van der Waals surface area (Å²) in [5, 5.41) is 12.5. The van der Waals surface area contributed by atoms with Crippen LogP contribution in [0, 0.1) is 5.92 Å². The number of carbonyl (C=O) groups excluding carboxylic acids is 2. The molecule has 1 atom stereocenters. The lowest BCUT2D eigenvalue weighted by atomic mass is 9.94. The SMILES string of the molecule is CCCC(=O)N1CCC(C(=O)N[C@H](CO)c2ccccc2)CC1. The number of piperidine rings is 1. The van der Waals surface area contributed by atoms with Crippen LogP contribution in [0.4, 0.5) is 0 Å². The lowest BCUT2D eigenvalue weighted by molar-refractivity contribution is -0.136. The molecule has 0 radical (unpaired) electrons. The normalized spacial score (nSPS) is 16.9. The molecule has 1 aliphatic heterocycles. The van der Waals surface area contributed by atoms with Crippen molar-refractivity contribution in [3.63, 3.8) is 0 Å². The van der Waals surface area contributed by atoms with E-state index in [4.69, 9.17) is 0 Å². The number of benzene rings is 1. The number of amides is 2. The number of nitrogens with zero attached hydrogens (tertiary/aromatic N) is 1. The molecule has 1 heterocycles. The maximum Gasteiger partial charge on any atom is 0.223 e. The summed E-state index contributed by atoms with van der Waals surface area (Å²) in [5.74, 6) is 0.0674. The molecule has 23 heavy (non-hydrogen) atoms. The first kappa shape index (κ1) is 17.5. The first-order valence-corrected chi connectivity index (χ1v) is 8.39. The first-order chi connectivity index (χ1) is 11.2. The van der Waals surface area contributed by atoms with Crippen LogP contribution in [-0.2, 0) is 9.59 Å². The number of aliphatic hydroxyl groups excluding tert-OH is 1. The average molecular weight is 318 g/mol. The lowest BCUT2D eigenvalue weighted by Gasteiger charge is -2.32. The van der Waals surface area contributed by atoms with E-state index in [1.807, 2.05) is 42.2 Å². The van der Waals surface area contributed by atoms with Crippen molar-refractivity contribution in [2.75, 3.05) is 19.7 Å². The molecule has 0 unspecified atom stereocenters. The van der Waals surface area contributed by atoms with Crippen LogP contribution in [0.5, 0.6) is 0 Å². The molecule has 0 aliphatic carbocycles. The molecular formula is C18H26N2O3. The predicted octanol–water partition coefficient (Wildman–Crippen LogP) is 1.87. The Hall–Kier alpha value is -1.88. The van der Waals surface area contributed by atoms with Crippen LogP contribution in [0.1, 0.15) is 44.2 Å². The maximum atomic E-state index is 12.4. The highest BCUT2D eigenvalue weighted by Crippen LogP contribution is 2.20. The van der Waals surface area contributed by atoms with Crippen molar-refractivity contribution in [3.05, 3.63) is 35.9 Å². The molecule has 2 amide bonds. The molecule has 1 aromatic rings. The van der Waals surface area contributed by atoms with Gasteiger partial charge in [-0.25, -0.2) is 0 Å². The summed E-state index contributed by atoms with van der Waals surface area (Å²) in [6.45, 7) is 3.17. The van der Waals surface area contributed by atoms with Crippen LogP contribution in [0.2, 0.25) is 0 Å². The van der Waals surface area contributed by atoms with E-state index in [1.54, 1.807) is 0 Å². The molecule has 2 rings (SSSR count). The molecule has 1 saturated heterocycles. The molecular weight excluding hydrogens is 292 g/mol. The van der Waals surface area contributed by atoms with Crippen molar-refractivity contribution in [1.29, 1.82) is 0 Å². The summed E-state index contributed by atoms with van der Waals surface area (Å²) >= 11 is 0. The minimum atomic E-state index is -0.372. The van der Waals surface area contributed by atoms with E-state index in [1.165, 1.54) is 0 Å². The second-order valence-corrected chi connectivity index (χ2v) is 6.06. The van der Waals surface area contributed by atoms with Gasteiger partial charge in [-0.05, 0) is 24.8 Å². The van der Waals surface area contributed by atoms with Gasteiger partial charge in [-0.1, -0.05) is 37.3 Å². The Morgan fingerprint density at radius 3 is 2.48 bits per heavy atom. The first-order valence-electron chi connectivity index (χ1n) is 8.39.